The number of rotatable bonds is 3. The molecule has 0 saturated carbocycles. The number of hydrogen-bond acceptors (Lipinski definition) is 4. The van der Waals surface area contributed by atoms with Gasteiger partial charge >= 0.3 is 0 Å². The minimum atomic E-state index is -1.01. The molecule has 0 aliphatic rings. The van der Waals surface area contributed by atoms with Crippen molar-refractivity contribution in [2.24, 2.45) is 5.73 Å². The van der Waals surface area contributed by atoms with Crippen molar-refractivity contribution >= 4 is 12.4 Å². The van der Waals surface area contributed by atoms with Crippen LogP contribution >= 0.6 is 12.4 Å². The molecule has 0 aromatic heterocycles. The maximum absolute atomic E-state index is 9.13. The lowest BCUT2D eigenvalue weighted by molar-refractivity contribution is 0.185. The number of hydrogen-bond donors (Lipinski definition) is 2. The van der Waals surface area contributed by atoms with Crippen LogP contribution < -0.4 is 15.2 Å². The maximum Gasteiger partial charge on any atom is 0.128 e. The van der Waals surface area contributed by atoms with Crippen molar-refractivity contribution in [2.45, 2.75) is 6.23 Å². The molecule has 0 bridgehead atoms. The number of nitrogens with two attached hydrogens (primary N) is 1. The monoisotopic (exact) mass is 219 g/mol. The van der Waals surface area contributed by atoms with Crippen LogP contribution in [0.2, 0.25) is 0 Å². The molecule has 0 fully saturated rings. The average molecular weight is 220 g/mol. The van der Waals surface area contributed by atoms with Crippen molar-refractivity contribution in [3.05, 3.63) is 23.8 Å². The summed E-state index contributed by atoms with van der Waals surface area (Å²) < 4.78 is 10.0. The highest BCUT2D eigenvalue weighted by Crippen LogP contribution is 2.24. The molecule has 1 aromatic rings. The molecule has 0 saturated heterocycles. The first-order valence-corrected chi connectivity index (χ1v) is 3.84. The summed E-state index contributed by atoms with van der Waals surface area (Å²) in [6, 6.07) is 5.03. The minimum Gasteiger partial charge on any atom is -0.497 e. The summed E-state index contributed by atoms with van der Waals surface area (Å²) in [5.41, 5.74) is 5.87. The fourth-order valence-electron chi connectivity index (χ4n) is 1.00. The molecular formula is C9H14ClNO3. The summed E-state index contributed by atoms with van der Waals surface area (Å²) in [6.07, 6.45) is -1.01. The van der Waals surface area contributed by atoms with Crippen LogP contribution in [-0.2, 0) is 0 Å². The molecule has 1 aromatic carbocycles. The van der Waals surface area contributed by atoms with Gasteiger partial charge in [-0.05, 0) is 12.1 Å². The molecule has 1 atom stereocenters. The Morgan fingerprint density at radius 1 is 1.14 bits per heavy atom. The standard InChI is InChI=1S/C9H13NO3.ClH/c1-12-7-3-6(9(10)11)4-8(5-7)13-2;/h3-5,9,11H,10H2,1-2H3;1H. The fourth-order valence-corrected chi connectivity index (χ4v) is 1.00. The largest absolute Gasteiger partial charge is 0.497 e. The lowest BCUT2D eigenvalue weighted by Crippen LogP contribution is -2.08. The normalized spacial score (nSPS) is 11.4. The molecule has 4 nitrogen and oxygen atoms in total. The zero-order chi connectivity index (χ0) is 9.84. The van der Waals surface area contributed by atoms with Gasteiger partial charge in [0.05, 0.1) is 14.2 Å². The number of aliphatic hydroxyl groups excluding tert-OH is 1. The Hall–Kier alpha value is -0.970. The second-order valence-corrected chi connectivity index (χ2v) is 2.59. The van der Waals surface area contributed by atoms with Crippen molar-refractivity contribution in [3.63, 3.8) is 0 Å². The predicted molar refractivity (Wildman–Crippen MR) is 55.9 cm³/mol. The summed E-state index contributed by atoms with van der Waals surface area (Å²) >= 11 is 0. The number of ether oxygens (including phenoxy) is 2. The number of benzene rings is 1. The maximum atomic E-state index is 9.13. The first-order chi connectivity index (χ1) is 6.17. The van der Waals surface area contributed by atoms with Crippen LogP contribution in [0.4, 0.5) is 0 Å². The molecule has 0 radical (unpaired) electrons. The average Bonchev–Trinajstić information content (AvgIpc) is 2.16. The van der Waals surface area contributed by atoms with Crippen molar-refractivity contribution in [1.82, 2.24) is 0 Å². The molecular weight excluding hydrogens is 206 g/mol. The highest BCUT2D eigenvalue weighted by molar-refractivity contribution is 5.85. The van der Waals surface area contributed by atoms with Gasteiger partial charge in [-0.2, -0.15) is 0 Å². The highest BCUT2D eigenvalue weighted by Gasteiger charge is 2.05. The lowest BCUT2D eigenvalue weighted by Gasteiger charge is -2.09. The quantitative estimate of drug-likeness (QED) is 0.747. The molecule has 5 heteroatoms. The lowest BCUT2D eigenvalue weighted by atomic mass is 10.2. The second-order valence-electron chi connectivity index (χ2n) is 2.59. The second kappa shape index (κ2) is 5.70. The van der Waals surface area contributed by atoms with E-state index in [1.807, 2.05) is 0 Å². The Labute approximate surface area is 89.0 Å². The summed E-state index contributed by atoms with van der Waals surface area (Å²) in [7, 11) is 3.09. The van der Waals surface area contributed by atoms with E-state index in [0.29, 0.717) is 17.1 Å². The molecule has 14 heavy (non-hydrogen) atoms. The van der Waals surface area contributed by atoms with E-state index in [0.717, 1.165) is 0 Å². The molecule has 0 amide bonds. The summed E-state index contributed by atoms with van der Waals surface area (Å²) in [5, 5.41) is 9.13. The van der Waals surface area contributed by atoms with E-state index < -0.39 is 6.23 Å². The van der Waals surface area contributed by atoms with Gasteiger partial charge in [0.15, 0.2) is 0 Å². The van der Waals surface area contributed by atoms with Gasteiger partial charge in [0.2, 0.25) is 0 Å². The predicted octanol–water partition coefficient (Wildman–Crippen LogP) is 1.08. The third kappa shape index (κ3) is 3.06. The van der Waals surface area contributed by atoms with E-state index in [2.05, 4.69) is 0 Å². The summed E-state index contributed by atoms with van der Waals surface area (Å²) in [4.78, 5) is 0. The molecule has 0 heterocycles. The van der Waals surface area contributed by atoms with Crippen molar-refractivity contribution < 1.29 is 14.6 Å². The zero-order valence-electron chi connectivity index (χ0n) is 8.06. The first-order valence-electron chi connectivity index (χ1n) is 3.84. The number of methoxy groups -OCH3 is 2. The van der Waals surface area contributed by atoms with Crippen LogP contribution in [0.5, 0.6) is 11.5 Å². The van der Waals surface area contributed by atoms with E-state index in [4.69, 9.17) is 20.3 Å². The Morgan fingerprint density at radius 3 is 1.86 bits per heavy atom. The zero-order valence-corrected chi connectivity index (χ0v) is 8.88. The molecule has 1 rings (SSSR count). The Morgan fingerprint density at radius 2 is 1.57 bits per heavy atom. The van der Waals surface area contributed by atoms with E-state index >= 15 is 0 Å². The van der Waals surface area contributed by atoms with Gasteiger partial charge in [0, 0.05) is 11.6 Å². The van der Waals surface area contributed by atoms with E-state index in [1.165, 1.54) is 0 Å². The molecule has 0 spiro atoms. The molecule has 3 N–H and O–H groups in total. The third-order valence-corrected chi connectivity index (χ3v) is 1.72. The van der Waals surface area contributed by atoms with E-state index in [1.54, 1.807) is 32.4 Å². The van der Waals surface area contributed by atoms with Crippen LogP contribution in [0.15, 0.2) is 18.2 Å². The highest BCUT2D eigenvalue weighted by atomic mass is 35.5. The molecule has 0 aliphatic carbocycles. The van der Waals surface area contributed by atoms with Crippen LogP contribution in [0, 0.1) is 0 Å². The van der Waals surface area contributed by atoms with Gasteiger partial charge < -0.3 is 20.3 Å². The number of halogens is 1. The van der Waals surface area contributed by atoms with Crippen LogP contribution in [0.3, 0.4) is 0 Å². The summed E-state index contributed by atoms with van der Waals surface area (Å²) in [5.74, 6) is 1.22. The Kier molecular flexibility index (Phi) is 5.30. The first kappa shape index (κ1) is 13.0. The van der Waals surface area contributed by atoms with Gasteiger partial charge in [0.25, 0.3) is 0 Å². The van der Waals surface area contributed by atoms with Crippen LogP contribution in [0.25, 0.3) is 0 Å². The molecule has 80 valence electrons. The van der Waals surface area contributed by atoms with Gasteiger partial charge in [-0.3, -0.25) is 0 Å². The SMILES string of the molecule is COc1cc(OC)cc(C(N)O)c1.Cl. The third-order valence-electron chi connectivity index (χ3n) is 1.72. The van der Waals surface area contributed by atoms with Crippen LogP contribution in [-0.4, -0.2) is 19.3 Å². The van der Waals surface area contributed by atoms with Gasteiger partial charge in [0.1, 0.15) is 17.7 Å². The van der Waals surface area contributed by atoms with Crippen LogP contribution in [0.1, 0.15) is 11.8 Å². The minimum absolute atomic E-state index is 0. The topological polar surface area (TPSA) is 64.7 Å². The molecule has 0 aliphatic heterocycles. The van der Waals surface area contributed by atoms with Crippen molar-refractivity contribution in [3.8, 4) is 11.5 Å². The molecule has 1 unspecified atom stereocenters. The fraction of sp³-hybridized carbons (Fsp3) is 0.333. The van der Waals surface area contributed by atoms with Gasteiger partial charge in [-0.15, -0.1) is 12.4 Å². The van der Waals surface area contributed by atoms with Crippen molar-refractivity contribution in [1.29, 1.82) is 0 Å². The van der Waals surface area contributed by atoms with Crippen molar-refractivity contribution in [2.75, 3.05) is 14.2 Å². The van der Waals surface area contributed by atoms with E-state index in [-0.39, 0.29) is 12.4 Å². The van der Waals surface area contributed by atoms with Gasteiger partial charge in [-0.25, -0.2) is 0 Å². The Balaban J connectivity index is 0.00000169. The summed E-state index contributed by atoms with van der Waals surface area (Å²) in [6.45, 7) is 0. The smallest absolute Gasteiger partial charge is 0.128 e. The Bertz CT molecular complexity index is 269. The van der Waals surface area contributed by atoms with E-state index in [9.17, 15) is 0 Å². The van der Waals surface area contributed by atoms with Gasteiger partial charge in [-0.1, -0.05) is 0 Å². The number of aliphatic hydroxyl groups is 1.